The van der Waals surface area contributed by atoms with Crippen molar-refractivity contribution in [1.29, 1.82) is 0 Å². The maximum Gasteiger partial charge on any atom is 0.352 e. The van der Waals surface area contributed by atoms with E-state index in [1.54, 1.807) is 18.3 Å². The normalized spacial score (nSPS) is 10.1. The van der Waals surface area contributed by atoms with Crippen LogP contribution in [0.2, 0.25) is 0 Å². The molecule has 1 aromatic carbocycles. The topological polar surface area (TPSA) is 82.6 Å². The van der Waals surface area contributed by atoms with E-state index in [2.05, 4.69) is 4.98 Å². The van der Waals surface area contributed by atoms with Gasteiger partial charge in [0.25, 0.3) is 0 Å². The van der Waals surface area contributed by atoms with E-state index < -0.39 is 5.97 Å². The Bertz CT molecular complexity index is 516. The molecule has 0 atom stereocenters. The van der Waals surface area contributed by atoms with Gasteiger partial charge < -0.3 is 19.9 Å². The van der Waals surface area contributed by atoms with Gasteiger partial charge in [-0.2, -0.15) is 0 Å². The molecule has 17 heavy (non-hydrogen) atoms. The first-order valence-electron chi connectivity index (χ1n) is 4.97. The number of hydrogen-bond donors (Lipinski definition) is 3. The van der Waals surface area contributed by atoms with Gasteiger partial charge in [-0.05, 0) is 30.3 Å². The van der Waals surface area contributed by atoms with Crippen molar-refractivity contribution in [2.75, 3.05) is 0 Å². The van der Waals surface area contributed by atoms with Gasteiger partial charge in [-0.15, -0.1) is 0 Å². The lowest BCUT2D eigenvalue weighted by molar-refractivity contribution is 0.0691. The number of carboxylic acids is 1. The summed E-state index contributed by atoms with van der Waals surface area (Å²) >= 11 is 0. The second-order valence-electron chi connectivity index (χ2n) is 3.51. The highest BCUT2D eigenvalue weighted by molar-refractivity contribution is 5.85. The third-order valence-corrected chi connectivity index (χ3v) is 2.22. The largest absolute Gasteiger partial charge is 0.508 e. The molecule has 0 unspecified atom stereocenters. The van der Waals surface area contributed by atoms with Crippen molar-refractivity contribution in [2.24, 2.45) is 0 Å². The third kappa shape index (κ3) is 2.78. The Morgan fingerprint density at radius 2 is 2.00 bits per heavy atom. The fourth-order valence-electron chi connectivity index (χ4n) is 1.36. The van der Waals surface area contributed by atoms with Gasteiger partial charge in [0, 0.05) is 11.8 Å². The van der Waals surface area contributed by atoms with Gasteiger partial charge in [0.05, 0.1) is 0 Å². The van der Waals surface area contributed by atoms with E-state index >= 15 is 0 Å². The molecule has 0 saturated carbocycles. The highest BCUT2D eigenvalue weighted by Gasteiger charge is 2.06. The van der Waals surface area contributed by atoms with Crippen LogP contribution in [0.5, 0.6) is 11.5 Å². The number of carbonyl (C=O) groups is 1. The van der Waals surface area contributed by atoms with E-state index in [4.69, 9.17) is 14.9 Å². The third-order valence-electron chi connectivity index (χ3n) is 2.22. The maximum absolute atomic E-state index is 10.6. The van der Waals surface area contributed by atoms with Crippen LogP contribution < -0.4 is 4.74 Å². The Labute approximate surface area is 97.3 Å². The Balaban J connectivity index is 1.97. The van der Waals surface area contributed by atoms with E-state index in [1.165, 1.54) is 18.2 Å². The van der Waals surface area contributed by atoms with E-state index in [0.717, 1.165) is 5.56 Å². The number of H-pyrrole nitrogens is 1. The van der Waals surface area contributed by atoms with Crippen molar-refractivity contribution in [3.8, 4) is 11.5 Å². The van der Waals surface area contributed by atoms with Crippen molar-refractivity contribution in [3.63, 3.8) is 0 Å². The van der Waals surface area contributed by atoms with Crippen LogP contribution in [-0.4, -0.2) is 21.2 Å². The quantitative estimate of drug-likeness (QED) is 0.754. The number of phenols is 1. The molecule has 2 rings (SSSR count). The summed E-state index contributed by atoms with van der Waals surface area (Å²) in [5.74, 6) is -0.214. The molecule has 0 saturated heterocycles. The zero-order valence-corrected chi connectivity index (χ0v) is 8.88. The SMILES string of the molecule is O=C(O)c1cc(COc2ccc(O)cc2)c[nH]1. The summed E-state index contributed by atoms with van der Waals surface area (Å²) in [4.78, 5) is 13.3. The highest BCUT2D eigenvalue weighted by Crippen LogP contribution is 2.17. The lowest BCUT2D eigenvalue weighted by Crippen LogP contribution is -1.95. The summed E-state index contributed by atoms with van der Waals surface area (Å²) < 4.78 is 5.42. The molecule has 5 heteroatoms. The molecular formula is C12H11NO4. The molecule has 3 N–H and O–H groups in total. The lowest BCUT2D eigenvalue weighted by Gasteiger charge is -2.04. The number of aromatic amines is 1. The zero-order valence-electron chi connectivity index (χ0n) is 8.88. The first-order chi connectivity index (χ1) is 8.15. The minimum atomic E-state index is -0.999. The smallest absolute Gasteiger partial charge is 0.352 e. The van der Waals surface area contributed by atoms with Gasteiger partial charge in [-0.25, -0.2) is 4.79 Å². The van der Waals surface area contributed by atoms with Crippen LogP contribution in [0.25, 0.3) is 0 Å². The Morgan fingerprint density at radius 1 is 1.29 bits per heavy atom. The minimum Gasteiger partial charge on any atom is -0.508 e. The van der Waals surface area contributed by atoms with Crippen LogP contribution in [0.4, 0.5) is 0 Å². The van der Waals surface area contributed by atoms with Gasteiger partial charge in [0.2, 0.25) is 0 Å². The van der Waals surface area contributed by atoms with Crippen molar-refractivity contribution < 1.29 is 19.7 Å². The fourth-order valence-corrected chi connectivity index (χ4v) is 1.36. The number of benzene rings is 1. The summed E-state index contributed by atoms with van der Waals surface area (Å²) in [5.41, 5.74) is 0.879. The summed E-state index contributed by atoms with van der Waals surface area (Å²) in [6.45, 7) is 0.272. The lowest BCUT2D eigenvalue weighted by atomic mass is 10.3. The number of nitrogens with one attached hydrogen (secondary N) is 1. The maximum atomic E-state index is 10.6. The summed E-state index contributed by atoms with van der Waals surface area (Å²) in [6, 6.07) is 7.84. The Morgan fingerprint density at radius 3 is 2.59 bits per heavy atom. The number of rotatable bonds is 4. The van der Waals surface area contributed by atoms with Crippen molar-refractivity contribution in [1.82, 2.24) is 4.98 Å². The molecule has 0 amide bonds. The zero-order chi connectivity index (χ0) is 12.3. The van der Waals surface area contributed by atoms with Crippen LogP contribution in [0, 0.1) is 0 Å². The summed E-state index contributed by atoms with van der Waals surface area (Å²) in [7, 11) is 0. The number of aromatic nitrogens is 1. The predicted octanol–water partition coefficient (Wildman–Crippen LogP) is 2.00. The van der Waals surface area contributed by atoms with Crippen molar-refractivity contribution >= 4 is 5.97 Å². The first-order valence-corrected chi connectivity index (χ1v) is 4.97. The number of carboxylic acid groups (broad SMARTS) is 1. The molecule has 2 aromatic rings. The first kappa shape index (κ1) is 11.1. The molecule has 0 spiro atoms. The summed E-state index contributed by atoms with van der Waals surface area (Å²) in [6.07, 6.45) is 1.59. The molecule has 0 fully saturated rings. The minimum absolute atomic E-state index is 0.134. The number of ether oxygens (including phenoxy) is 1. The van der Waals surface area contributed by atoms with Crippen LogP contribution in [-0.2, 0) is 6.61 Å². The van der Waals surface area contributed by atoms with E-state index in [1.807, 2.05) is 0 Å². The van der Waals surface area contributed by atoms with E-state index in [-0.39, 0.29) is 18.1 Å². The average Bonchev–Trinajstić information content (AvgIpc) is 2.77. The highest BCUT2D eigenvalue weighted by atomic mass is 16.5. The molecule has 1 aromatic heterocycles. The van der Waals surface area contributed by atoms with Crippen molar-refractivity contribution in [3.05, 3.63) is 47.8 Å². The number of aromatic carboxylic acids is 1. The van der Waals surface area contributed by atoms with Crippen LogP contribution in [0.1, 0.15) is 16.1 Å². The van der Waals surface area contributed by atoms with Gasteiger partial charge in [-0.3, -0.25) is 0 Å². The molecule has 5 nitrogen and oxygen atoms in total. The Kier molecular flexibility index (Phi) is 3.00. The molecule has 0 radical (unpaired) electrons. The van der Waals surface area contributed by atoms with Gasteiger partial charge in [-0.1, -0.05) is 0 Å². The second-order valence-corrected chi connectivity index (χ2v) is 3.51. The number of phenolic OH excluding ortho intramolecular Hbond substituents is 1. The molecule has 0 aliphatic rings. The fraction of sp³-hybridized carbons (Fsp3) is 0.0833. The molecular weight excluding hydrogens is 222 g/mol. The molecule has 88 valence electrons. The molecule has 0 aliphatic heterocycles. The van der Waals surface area contributed by atoms with E-state index in [9.17, 15) is 4.79 Å². The monoisotopic (exact) mass is 233 g/mol. The van der Waals surface area contributed by atoms with Crippen LogP contribution in [0.15, 0.2) is 36.5 Å². The van der Waals surface area contributed by atoms with Crippen molar-refractivity contribution in [2.45, 2.75) is 6.61 Å². The van der Waals surface area contributed by atoms with E-state index in [0.29, 0.717) is 5.75 Å². The number of hydrogen-bond acceptors (Lipinski definition) is 3. The average molecular weight is 233 g/mol. The summed E-state index contributed by atoms with van der Waals surface area (Å²) in [5, 5.41) is 17.8. The Hall–Kier alpha value is -2.43. The number of aromatic hydroxyl groups is 1. The van der Waals surface area contributed by atoms with Crippen LogP contribution >= 0.6 is 0 Å². The van der Waals surface area contributed by atoms with Gasteiger partial charge >= 0.3 is 5.97 Å². The van der Waals surface area contributed by atoms with Gasteiger partial charge in [0.15, 0.2) is 0 Å². The molecule has 0 bridgehead atoms. The second kappa shape index (κ2) is 4.61. The molecule has 1 heterocycles. The van der Waals surface area contributed by atoms with Crippen LogP contribution in [0.3, 0.4) is 0 Å². The predicted molar refractivity (Wildman–Crippen MR) is 60.2 cm³/mol. The van der Waals surface area contributed by atoms with Gasteiger partial charge in [0.1, 0.15) is 23.8 Å². The standard InChI is InChI=1S/C12H11NO4/c14-9-1-3-10(4-2-9)17-7-8-5-11(12(15)16)13-6-8/h1-6,13-14H,7H2,(H,15,16). The molecule has 0 aliphatic carbocycles.